The molecule has 7 heteroatoms. The second-order valence-corrected chi connectivity index (χ2v) is 7.55. The molecule has 0 aliphatic carbocycles. The molecule has 1 fully saturated rings. The standard InChI is InChI=1S/C21H27FN6/c1-23-21(28-8-6-15(14-28)9-16-11-26-27(2)13-16)24-7-5-17-12-25-20-4-3-18(22)10-19(17)20/h3-4,10-13,15,25H,5-9,14H2,1-2H3,(H,23,24). The molecule has 0 spiro atoms. The number of aromatic nitrogens is 3. The van der Waals surface area contributed by atoms with Crippen molar-refractivity contribution in [3.05, 3.63) is 53.7 Å². The van der Waals surface area contributed by atoms with Gasteiger partial charge in [-0.15, -0.1) is 0 Å². The molecule has 1 saturated heterocycles. The number of hydrogen-bond acceptors (Lipinski definition) is 2. The fourth-order valence-electron chi connectivity index (χ4n) is 4.10. The molecule has 148 valence electrons. The van der Waals surface area contributed by atoms with Crippen LogP contribution in [0.25, 0.3) is 10.9 Å². The van der Waals surface area contributed by atoms with E-state index in [-0.39, 0.29) is 5.82 Å². The number of nitrogens with one attached hydrogen (secondary N) is 2. The predicted molar refractivity (Wildman–Crippen MR) is 110 cm³/mol. The molecule has 0 amide bonds. The van der Waals surface area contributed by atoms with Gasteiger partial charge in [0.1, 0.15) is 5.82 Å². The van der Waals surface area contributed by atoms with Gasteiger partial charge in [0.2, 0.25) is 0 Å². The number of likely N-dealkylation sites (tertiary alicyclic amines) is 1. The summed E-state index contributed by atoms with van der Waals surface area (Å²) in [6.45, 7) is 2.79. The third-order valence-electron chi connectivity index (χ3n) is 5.49. The first-order valence-electron chi connectivity index (χ1n) is 9.81. The number of guanidine groups is 1. The number of aromatic amines is 1. The lowest BCUT2D eigenvalue weighted by atomic mass is 10.0. The summed E-state index contributed by atoms with van der Waals surface area (Å²) in [5.41, 5.74) is 3.38. The van der Waals surface area contributed by atoms with Crippen molar-refractivity contribution in [2.45, 2.75) is 19.3 Å². The molecule has 28 heavy (non-hydrogen) atoms. The third-order valence-corrected chi connectivity index (χ3v) is 5.49. The van der Waals surface area contributed by atoms with E-state index in [1.807, 2.05) is 31.2 Å². The Morgan fingerprint density at radius 2 is 2.32 bits per heavy atom. The third kappa shape index (κ3) is 4.03. The van der Waals surface area contributed by atoms with Crippen molar-refractivity contribution in [3.63, 3.8) is 0 Å². The number of benzene rings is 1. The van der Waals surface area contributed by atoms with Gasteiger partial charge in [0, 0.05) is 57.0 Å². The maximum atomic E-state index is 13.5. The molecule has 1 aliphatic heterocycles. The zero-order valence-corrected chi connectivity index (χ0v) is 16.5. The zero-order chi connectivity index (χ0) is 19.5. The van der Waals surface area contributed by atoms with Crippen LogP contribution >= 0.6 is 0 Å². The first kappa shape index (κ1) is 18.5. The van der Waals surface area contributed by atoms with Crippen LogP contribution in [0.3, 0.4) is 0 Å². The van der Waals surface area contributed by atoms with Gasteiger partial charge in [-0.1, -0.05) is 0 Å². The van der Waals surface area contributed by atoms with Gasteiger partial charge >= 0.3 is 0 Å². The Bertz CT molecular complexity index is 972. The minimum atomic E-state index is -0.200. The summed E-state index contributed by atoms with van der Waals surface area (Å²) in [7, 11) is 3.79. The molecular formula is C21H27FN6. The molecule has 0 bridgehead atoms. The molecule has 0 saturated carbocycles. The van der Waals surface area contributed by atoms with E-state index in [0.717, 1.165) is 61.3 Å². The van der Waals surface area contributed by atoms with Crippen LogP contribution in [-0.2, 0) is 19.9 Å². The van der Waals surface area contributed by atoms with E-state index in [1.54, 1.807) is 12.1 Å². The number of aliphatic imine (C=N–C) groups is 1. The molecular weight excluding hydrogens is 355 g/mol. The highest BCUT2D eigenvalue weighted by atomic mass is 19.1. The van der Waals surface area contributed by atoms with Gasteiger partial charge in [-0.05, 0) is 54.5 Å². The van der Waals surface area contributed by atoms with E-state index in [9.17, 15) is 4.39 Å². The highest BCUT2D eigenvalue weighted by Gasteiger charge is 2.25. The summed E-state index contributed by atoms with van der Waals surface area (Å²) in [6, 6.07) is 4.87. The van der Waals surface area contributed by atoms with Gasteiger partial charge in [0.15, 0.2) is 5.96 Å². The van der Waals surface area contributed by atoms with Crippen LogP contribution in [0, 0.1) is 11.7 Å². The number of hydrogen-bond donors (Lipinski definition) is 2. The molecule has 4 rings (SSSR count). The number of fused-ring (bicyclic) bond motifs is 1. The minimum Gasteiger partial charge on any atom is -0.361 e. The number of halogens is 1. The first-order valence-corrected chi connectivity index (χ1v) is 9.81. The van der Waals surface area contributed by atoms with Gasteiger partial charge < -0.3 is 15.2 Å². The lowest BCUT2D eigenvalue weighted by molar-refractivity contribution is 0.460. The highest BCUT2D eigenvalue weighted by Crippen LogP contribution is 2.21. The van der Waals surface area contributed by atoms with Crippen molar-refractivity contribution < 1.29 is 4.39 Å². The zero-order valence-electron chi connectivity index (χ0n) is 16.5. The van der Waals surface area contributed by atoms with Crippen LogP contribution in [0.4, 0.5) is 4.39 Å². The Morgan fingerprint density at radius 3 is 3.11 bits per heavy atom. The summed E-state index contributed by atoms with van der Waals surface area (Å²) < 4.78 is 15.4. The molecule has 1 unspecified atom stereocenters. The summed E-state index contributed by atoms with van der Waals surface area (Å²) in [5, 5.41) is 8.68. The van der Waals surface area contributed by atoms with E-state index in [4.69, 9.17) is 0 Å². The molecule has 0 radical (unpaired) electrons. The van der Waals surface area contributed by atoms with E-state index in [2.05, 4.69) is 31.5 Å². The number of aryl methyl sites for hydroxylation is 1. The molecule has 3 aromatic rings. The second kappa shape index (κ2) is 8.04. The second-order valence-electron chi connectivity index (χ2n) is 7.55. The monoisotopic (exact) mass is 382 g/mol. The van der Waals surface area contributed by atoms with Gasteiger partial charge in [0.05, 0.1) is 6.20 Å². The van der Waals surface area contributed by atoms with Gasteiger partial charge in [-0.3, -0.25) is 9.67 Å². The Labute approximate surface area is 164 Å². The minimum absolute atomic E-state index is 0.200. The quantitative estimate of drug-likeness (QED) is 0.527. The van der Waals surface area contributed by atoms with Crippen molar-refractivity contribution in [1.29, 1.82) is 0 Å². The largest absolute Gasteiger partial charge is 0.361 e. The fourth-order valence-corrected chi connectivity index (χ4v) is 4.10. The molecule has 2 aromatic heterocycles. The van der Waals surface area contributed by atoms with E-state index >= 15 is 0 Å². The number of H-pyrrole nitrogens is 1. The summed E-state index contributed by atoms with van der Waals surface area (Å²) in [6.07, 6.45) is 9.06. The molecule has 3 heterocycles. The van der Waals surface area contributed by atoms with Crippen molar-refractivity contribution in [1.82, 2.24) is 25.0 Å². The van der Waals surface area contributed by atoms with Crippen LogP contribution in [-0.4, -0.2) is 52.3 Å². The highest BCUT2D eigenvalue weighted by molar-refractivity contribution is 5.83. The van der Waals surface area contributed by atoms with Crippen LogP contribution < -0.4 is 5.32 Å². The number of rotatable bonds is 5. The van der Waals surface area contributed by atoms with Crippen LogP contribution in [0.5, 0.6) is 0 Å². The fraction of sp³-hybridized carbons (Fsp3) is 0.429. The lowest BCUT2D eigenvalue weighted by Crippen LogP contribution is -2.41. The van der Waals surface area contributed by atoms with Crippen LogP contribution in [0.1, 0.15) is 17.5 Å². The van der Waals surface area contributed by atoms with Gasteiger partial charge in [0.25, 0.3) is 0 Å². The van der Waals surface area contributed by atoms with Crippen LogP contribution in [0.15, 0.2) is 41.8 Å². The van der Waals surface area contributed by atoms with Crippen molar-refractivity contribution in [2.75, 3.05) is 26.7 Å². The summed E-state index contributed by atoms with van der Waals surface area (Å²) >= 11 is 0. The van der Waals surface area contributed by atoms with E-state index in [0.29, 0.717) is 5.92 Å². The van der Waals surface area contributed by atoms with Crippen LogP contribution in [0.2, 0.25) is 0 Å². The Balaban J connectivity index is 1.30. The molecule has 1 aromatic carbocycles. The topological polar surface area (TPSA) is 61.2 Å². The smallest absolute Gasteiger partial charge is 0.193 e. The average molecular weight is 382 g/mol. The molecule has 2 N–H and O–H groups in total. The predicted octanol–water partition coefficient (Wildman–Crippen LogP) is 2.72. The average Bonchev–Trinajstić information content (AvgIpc) is 3.40. The summed E-state index contributed by atoms with van der Waals surface area (Å²) in [5.74, 6) is 1.37. The normalized spacial score (nSPS) is 17.6. The summed E-state index contributed by atoms with van der Waals surface area (Å²) in [4.78, 5) is 10.00. The Hall–Kier alpha value is -2.83. The van der Waals surface area contributed by atoms with Crippen molar-refractivity contribution >= 4 is 16.9 Å². The molecule has 1 atom stereocenters. The maximum absolute atomic E-state index is 13.5. The maximum Gasteiger partial charge on any atom is 0.193 e. The Kier molecular flexibility index (Phi) is 5.32. The van der Waals surface area contributed by atoms with E-state index in [1.165, 1.54) is 11.6 Å². The van der Waals surface area contributed by atoms with Crippen molar-refractivity contribution in [2.24, 2.45) is 18.0 Å². The molecule has 1 aliphatic rings. The SMILES string of the molecule is CN=C(NCCc1c[nH]c2ccc(F)cc12)N1CCC(Cc2cnn(C)c2)C1. The van der Waals surface area contributed by atoms with Gasteiger partial charge in [-0.25, -0.2) is 4.39 Å². The van der Waals surface area contributed by atoms with Gasteiger partial charge in [-0.2, -0.15) is 5.10 Å². The lowest BCUT2D eigenvalue weighted by Gasteiger charge is -2.21. The number of nitrogens with zero attached hydrogens (tertiary/aromatic N) is 4. The first-order chi connectivity index (χ1) is 13.6. The Morgan fingerprint density at radius 1 is 1.43 bits per heavy atom. The molecule has 6 nitrogen and oxygen atoms in total. The van der Waals surface area contributed by atoms with E-state index < -0.39 is 0 Å². The van der Waals surface area contributed by atoms with Crippen molar-refractivity contribution in [3.8, 4) is 0 Å².